The lowest BCUT2D eigenvalue weighted by Crippen LogP contribution is -2.46. The van der Waals surface area contributed by atoms with E-state index >= 15 is 0 Å². The van der Waals surface area contributed by atoms with Gasteiger partial charge in [0.15, 0.2) is 0 Å². The average Bonchev–Trinajstić information content (AvgIpc) is 2.36. The molecule has 0 amide bonds. The summed E-state index contributed by atoms with van der Waals surface area (Å²) in [5.74, 6) is 0. The molecule has 0 saturated carbocycles. The summed E-state index contributed by atoms with van der Waals surface area (Å²) in [6.45, 7) is 9.93. The summed E-state index contributed by atoms with van der Waals surface area (Å²) in [6, 6.07) is 6.63. The minimum atomic E-state index is -0.547. The van der Waals surface area contributed by atoms with E-state index in [2.05, 4.69) is 42.3 Å². The Labute approximate surface area is 116 Å². The third kappa shape index (κ3) is 3.71. The van der Waals surface area contributed by atoms with Crippen LogP contribution < -0.4 is 10.2 Å². The van der Waals surface area contributed by atoms with E-state index in [4.69, 9.17) is 0 Å². The summed E-state index contributed by atoms with van der Waals surface area (Å²) < 4.78 is 0. The van der Waals surface area contributed by atoms with Gasteiger partial charge >= 0.3 is 0 Å². The highest BCUT2D eigenvalue weighted by Gasteiger charge is 2.28. The third-order valence-corrected chi connectivity index (χ3v) is 3.93. The number of aliphatic hydroxyl groups is 1. The Morgan fingerprint density at radius 3 is 2.84 bits per heavy atom. The van der Waals surface area contributed by atoms with Gasteiger partial charge in [-0.3, -0.25) is 0 Å². The molecular formula is C16H26N2O. The molecule has 1 fully saturated rings. The summed E-state index contributed by atoms with van der Waals surface area (Å²) in [6.07, 6.45) is 1.96. The first kappa shape index (κ1) is 14.4. The lowest BCUT2D eigenvalue weighted by Gasteiger charge is -2.38. The second-order valence-electron chi connectivity index (χ2n) is 5.91. The van der Waals surface area contributed by atoms with E-state index in [0.717, 1.165) is 39.0 Å². The molecule has 0 aliphatic carbocycles. The molecule has 106 valence electrons. The Balaban J connectivity index is 2.10. The maximum Gasteiger partial charge on any atom is 0.0794 e. The van der Waals surface area contributed by atoms with Gasteiger partial charge in [-0.15, -0.1) is 0 Å². The predicted octanol–water partition coefficient (Wildman–Crippen LogP) is 2.46. The summed E-state index contributed by atoms with van der Waals surface area (Å²) in [5.41, 5.74) is 3.37. The Hall–Kier alpha value is -1.06. The number of anilines is 1. The fraction of sp³-hybridized carbons (Fsp3) is 0.625. The van der Waals surface area contributed by atoms with E-state index in [-0.39, 0.29) is 0 Å². The maximum atomic E-state index is 10.2. The van der Waals surface area contributed by atoms with Crippen molar-refractivity contribution in [3.8, 4) is 0 Å². The molecule has 2 N–H and O–H groups in total. The third-order valence-electron chi connectivity index (χ3n) is 3.93. The quantitative estimate of drug-likeness (QED) is 0.875. The van der Waals surface area contributed by atoms with Gasteiger partial charge in [0.1, 0.15) is 0 Å². The summed E-state index contributed by atoms with van der Waals surface area (Å²) >= 11 is 0. The minimum Gasteiger partial charge on any atom is -0.388 e. The second kappa shape index (κ2) is 5.93. The topological polar surface area (TPSA) is 35.5 Å². The SMILES string of the molecule is CCNCc1ccc(N2CCCC(C)(O)C2)cc1C. The highest BCUT2D eigenvalue weighted by molar-refractivity contribution is 5.51. The van der Waals surface area contributed by atoms with Crippen LogP contribution in [-0.4, -0.2) is 30.3 Å². The van der Waals surface area contributed by atoms with Crippen LogP contribution in [0.25, 0.3) is 0 Å². The summed E-state index contributed by atoms with van der Waals surface area (Å²) in [5, 5.41) is 13.6. The van der Waals surface area contributed by atoms with Crippen LogP contribution >= 0.6 is 0 Å². The molecule has 1 atom stereocenters. The molecule has 19 heavy (non-hydrogen) atoms. The van der Waals surface area contributed by atoms with Crippen LogP contribution in [0.15, 0.2) is 18.2 Å². The zero-order valence-electron chi connectivity index (χ0n) is 12.4. The predicted molar refractivity (Wildman–Crippen MR) is 80.6 cm³/mol. The first-order valence-corrected chi connectivity index (χ1v) is 7.29. The molecule has 1 heterocycles. The maximum absolute atomic E-state index is 10.2. The van der Waals surface area contributed by atoms with Crippen molar-refractivity contribution in [2.45, 2.75) is 45.8 Å². The number of rotatable bonds is 4. The van der Waals surface area contributed by atoms with Crippen molar-refractivity contribution in [2.24, 2.45) is 0 Å². The van der Waals surface area contributed by atoms with Crippen LogP contribution in [0.5, 0.6) is 0 Å². The van der Waals surface area contributed by atoms with Crippen LogP contribution in [-0.2, 0) is 6.54 Å². The van der Waals surface area contributed by atoms with Crippen LogP contribution in [0.2, 0.25) is 0 Å². The first-order valence-electron chi connectivity index (χ1n) is 7.29. The molecule has 0 radical (unpaired) electrons. The molecule has 0 bridgehead atoms. The lowest BCUT2D eigenvalue weighted by atomic mass is 9.94. The van der Waals surface area contributed by atoms with Gasteiger partial charge in [-0.05, 0) is 56.5 Å². The van der Waals surface area contributed by atoms with Crippen LogP contribution in [0, 0.1) is 6.92 Å². The highest BCUT2D eigenvalue weighted by atomic mass is 16.3. The zero-order valence-corrected chi connectivity index (χ0v) is 12.4. The lowest BCUT2D eigenvalue weighted by molar-refractivity contribution is 0.0449. The smallest absolute Gasteiger partial charge is 0.0794 e. The fourth-order valence-corrected chi connectivity index (χ4v) is 2.78. The van der Waals surface area contributed by atoms with Crippen molar-refractivity contribution < 1.29 is 5.11 Å². The van der Waals surface area contributed by atoms with Gasteiger partial charge in [-0.25, -0.2) is 0 Å². The summed E-state index contributed by atoms with van der Waals surface area (Å²) in [7, 11) is 0. The Morgan fingerprint density at radius 2 is 2.21 bits per heavy atom. The molecule has 1 aromatic carbocycles. The molecule has 0 aromatic heterocycles. The van der Waals surface area contributed by atoms with Crippen molar-refractivity contribution in [1.29, 1.82) is 0 Å². The van der Waals surface area contributed by atoms with E-state index in [9.17, 15) is 5.11 Å². The highest BCUT2D eigenvalue weighted by Crippen LogP contribution is 2.27. The standard InChI is InChI=1S/C16H26N2O/c1-4-17-11-14-6-7-15(10-13(14)2)18-9-5-8-16(3,19)12-18/h6-7,10,17,19H,4-5,8-9,11-12H2,1-3H3. The number of nitrogens with zero attached hydrogens (tertiary/aromatic N) is 1. The molecular weight excluding hydrogens is 236 g/mol. The number of hydrogen-bond acceptors (Lipinski definition) is 3. The van der Waals surface area contributed by atoms with E-state index in [1.54, 1.807) is 0 Å². The zero-order chi connectivity index (χ0) is 13.9. The second-order valence-corrected chi connectivity index (χ2v) is 5.91. The van der Waals surface area contributed by atoms with Crippen molar-refractivity contribution in [1.82, 2.24) is 5.32 Å². The molecule has 1 aliphatic rings. The van der Waals surface area contributed by atoms with Crippen LogP contribution in [0.1, 0.15) is 37.8 Å². The van der Waals surface area contributed by atoms with Gasteiger partial charge in [0.25, 0.3) is 0 Å². The Bertz CT molecular complexity index is 429. The van der Waals surface area contributed by atoms with Crippen molar-refractivity contribution in [3.63, 3.8) is 0 Å². The number of hydrogen-bond donors (Lipinski definition) is 2. The van der Waals surface area contributed by atoms with Crippen molar-refractivity contribution >= 4 is 5.69 Å². The minimum absolute atomic E-state index is 0.547. The Morgan fingerprint density at radius 1 is 1.42 bits per heavy atom. The number of piperidine rings is 1. The van der Waals surface area contributed by atoms with Gasteiger partial charge in [-0.1, -0.05) is 13.0 Å². The average molecular weight is 262 g/mol. The fourth-order valence-electron chi connectivity index (χ4n) is 2.78. The molecule has 0 spiro atoms. The van der Waals surface area contributed by atoms with E-state index in [1.165, 1.54) is 16.8 Å². The number of nitrogens with one attached hydrogen (secondary N) is 1. The molecule has 1 saturated heterocycles. The van der Waals surface area contributed by atoms with E-state index < -0.39 is 5.60 Å². The molecule has 1 unspecified atom stereocenters. The van der Waals surface area contributed by atoms with E-state index in [1.807, 2.05) is 6.92 Å². The largest absolute Gasteiger partial charge is 0.388 e. The number of β-amino-alcohol motifs (C(OH)–C–C–N with tert-alkyl or cyclic N) is 1. The molecule has 1 aliphatic heterocycles. The van der Waals surface area contributed by atoms with Gasteiger partial charge in [0.05, 0.1) is 5.60 Å². The van der Waals surface area contributed by atoms with Gasteiger partial charge in [-0.2, -0.15) is 0 Å². The van der Waals surface area contributed by atoms with Gasteiger partial charge in [0.2, 0.25) is 0 Å². The van der Waals surface area contributed by atoms with E-state index in [0.29, 0.717) is 0 Å². The van der Waals surface area contributed by atoms with Crippen LogP contribution in [0.3, 0.4) is 0 Å². The van der Waals surface area contributed by atoms with Crippen LogP contribution in [0.4, 0.5) is 5.69 Å². The molecule has 3 nitrogen and oxygen atoms in total. The normalized spacial score (nSPS) is 23.7. The monoisotopic (exact) mass is 262 g/mol. The summed E-state index contributed by atoms with van der Waals surface area (Å²) in [4.78, 5) is 2.30. The molecule has 2 rings (SSSR count). The number of aryl methyl sites for hydroxylation is 1. The van der Waals surface area contributed by atoms with Crippen molar-refractivity contribution in [2.75, 3.05) is 24.5 Å². The first-order chi connectivity index (χ1) is 9.02. The Kier molecular flexibility index (Phi) is 4.48. The number of benzene rings is 1. The molecule has 1 aromatic rings. The molecule has 3 heteroatoms. The van der Waals surface area contributed by atoms with Crippen molar-refractivity contribution in [3.05, 3.63) is 29.3 Å². The van der Waals surface area contributed by atoms with Gasteiger partial charge in [0, 0.05) is 25.3 Å². The van der Waals surface area contributed by atoms with Gasteiger partial charge < -0.3 is 15.3 Å².